The van der Waals surface area contributed by atoms with Crippen LogP contribution in [0.4, 0.5) is 18.9 Å². The number of pyridine rings is 1. The van der Waals surface area contributed by atoms with E-state index < -0.39 is 11.7 Å². The summed E-state index contributed by atoms with van der Waals surface area (Å²) < 4.78 is 38.4. The van der Waals surface area contributed by atoms with Gasteiger partial charge in [0.1, 0.15) is 0 Å². The number of anilines is 1. The van der Waals surface area contributed by atoms with Crippen LogP contribution < -0.4 is 5.32 Å². The van der Waals surface area contributed by atoms with Crippen LogP contribution in [0.3, 0.4) is 0 Å². The minimum atomic E-state index is -4.55. The molecule has 1 N–H and O–H groups in total. The average molecular weight is 277 g/mol. The quantitative estimate of drug-likeness (QED) is 0.932. The van der Waals surface area contributed by atoms with Gasteiger partial charge in [0.05, 0.1) is 29.4 Å². The van der Waals surface area contributed by atoms with Gasteiger partial charge in [-0.15, -0.1) is 0 Å². The Morgan fingerprint density at radius 2 is 2.00 bits per heavy atom. The number of benzene rings is 1. The number of hydrogen-bond acceptors (Lipinski definition) is 3. The van der Waals surface area contributed by atoms with Gasteiger partial charge < -0.3 is 5.32 Å². The summed E-state index contributed by atoms with van der Waals surface area (Å²) in [4.78, 5) is 4.06. The molecule has 3 nitrogen and oxygen atoms in total. The SMILES string of the molecule is N#Cc1ccc(NCc2ccccn2)cc1C(F)(F)F. The maximum atomic E-state index is 12.8. The third-order valence-corrected chi connectivity index (χ3v) is 2.65. The molecule has 0 aliphatic carbocycles. The van der Waals surface area contributed by atoms with Crippen LogP contribution in [0.5, 0.6) is 0 Å². The van der Waals surface area contributed by atoms with Crippen LogP contribution >= 0.6 is 0 Å². The molecule has 2 aromatic rings. The summed E-state index contributed by atoms with van der Waals surface area (Å²) in [5.74, 6) is 0. The van der Waals surface area contributed by atoms with Crippen molar-refractivity contribution in [3.8, 4) is 6.07 Å². The van der Waals surface area contributed by atoms with Gasteiger partial charge in [-0.25, -0.2) is 0 Å². The highest BCUT2D eigenvalue weighted by Gasteiger charge is 2.33. The van der Waals surface area contributed by atoms with Crippen molar-refractivity contribution in [2.75, 3.05) is 5.32 Å². The van der Waals surface area contributed by atoms with E-state index in [4.69, 9.17) is 5.26 Å². The van der Waals surface area contributed by atoms with Gasteiger partial charge in [0.2, 0.25) is 0 Å². The second-order valence-corrected chi connectivity index (χ2v) is 4.04. The van der Waals surface area contributed by atoms with E-state index in [1.807, 2.05) is 0 Å². The molecule has 0 unspecified atom stereocenters. The van der Waals surface area contributed by atoms with Gasteiger partial charge in [-0.2, -0.15) is 18.4 Å². The average Bonchev–Trinajstić information content (AvgIpc) is 2.45. The van der Waals surface area contributed by atoms with Gasteiger partial charge in [-0.3, -0.25) is 4.98 Å². The Morgan fingerprint density at radius 3 is 2.60 bits per heavy atom. The Morgan fingerprint density at radius 1 is 1.20 bits per heavy atom. The number of nitriles is 1. The highest BCUT2D eigenvalue weighted by atomic mass is 19.4. The minimum absolute atomic E-state index is 0.293. The van der Waals surface area contributed by atoms with Crippen molar-refractivity contribution in [3.63, 3.8) is 0 Å². The Bertz CT molecular complexity index is 630. The fourth-order valence-electron chi connectivity index (χ4n) is 1.68. The first kappa shape index (κ1) is 13.9. The molecular formula is C14H10F3N3. The predicted molar refractivity (Wildman–Crippen MR) is 67.7 cm³/mol. The maximum absolute atomic E-state index is 12.8. The van der Waals surface area contributed by atoms with Crippen molar-refractivity contribution < 1.29 is 13.2 Å². The molecule has 6 heteroatoms. The minimum Gasteiger partial charge on any atom is -0.379 e. The largest absolute Gasteiger partial charge is 0.417 e. The first-order valence-corrected chi connectivity index (χ1v) is 5.76. The molecule has 2 rings (SSSR count). The summed E-state index contributed by atoms with van der Waals surface area (Å²) in [6.07, 6.45) is -2.94. The molecular weight excluding hydrogens is 267 g/mol. The molecule has 0 fully saturated rings. The molecule has 20 heavy (non-hydrogen) atoms. The second kappa shape index (κ2) is 5.61. The monoisotopic (exact) mass is 277 g/mol. The van der Waals surface area contributed by atoms with Crippen LogP contribution in [-0.4, -0.2) is 4.98 Å². The Hall–Kier alpha value is -2.55. The second-order valence-electron chi connectivity index (χ2n) is 4.04. The van der Waals surface area contributed by atoms with Crippen LogP contribution in [0.25, 0.3) is 0 Å². The number of nitrogens with one attached hydrogen (secondary N) is 1. The zero-order valence-electron chi connectivity index (χ0n) is 10.3. The molecule has 102 valence electrons. The molecule has 0 saturated heterocycles. The van der Waals surface area contributed by atoms with Gasteiger partial charge in [-0.1, -0.05) is 6.07 Å². The van der Waals surface area contributed by atoms with E-state index in [9.17, 15) is 13.2 Å². The fraction of sp³-hybridized carbons (Fsp3) is 0.143. The molecule has 0 spiro atoms. The standard InChI is InChI=1S/C14H10F3N3/c15-14(16,17)13-7-11(5-4-10(13)8-18)20-9-12-3-1-2-6-19-12/h1-7,20H,9H2. The Labute approximate surface area is 113 Å². The number of rotatable bonds is 3. The van der Waals surface area contributed by atoms with Crippen molar-refractivity contribution in [2.24, 2.45) is 0 Å². The molecule has 0 radical (unpaired) electrons. The third kappa shape index (κ3) is 3.26. The van der Waals surface area contributed by atoms with Crippen LogP contribution in [-0.2, 0) is 12.7 Å². The molecule has 0 aliphatic heterocycles. The van der Waals surface area contributed by atoms with Gasteiger partial charge in [0.15, 0.2) is 0 Å². The number of hydrogen-bond donors (Lipinski definition) is 1. The van der Waals surface area contributed by atoms with E-state index in [1.54, 1.807) is 30.5 Å². The van der Waals surface area contributed by atoms with Crippen LogP contribution in [0.15, 0.2) is 42.6 Å². The van der Waals surface area contributed by atoms with E-state index in [-0.39, 0.29) is 5.56 Å². The third-order valence-electron chi connectivity index (χ3n) is 2.65. The fourth-order valence-corrected chi connectivity index (χ4v) is 1.68. The lowest BCUT2D eigenvalue weighted by Crippen LogP contribution is -2.09. The Balaban J connectivity index is 2.20. The smallest absolute Gasteiger partial charge is 0.379 e. The van der Waals surface area contributed by atoms with E-state index in [0.717, 1.165) is 12.1 Å². The molecule has 0 bridgehead atoms. The van der Waals surface area contributed by atoms with Crippen LogP contribution in [0.2, 0.25) is 0 Å². The highest BCUT2D eigenvalue weighted by Crippen LogP contribution is 2.33. The zero-order chi connectivity index (χ0) is 14.6. The van der Waals surface area contributed by atoms with Crippen molar-refractivity contribution in [1.29, 1.82) is 5.26 Å². The number of nitrogens with zero attached hydrogens (tertiary/aromatic N) is 2. The number of halogens is 3. The molecule has 1 aromatic heterocycles. The molecule has 1 aromatic carbocycles. The summed E-state index contributed by atoms with van der Waals surface area (Å²) in [6.45, 7) is 0.310. The first-order valence-electron chi connectivity index (χ1n) is 5.76. The van der Waals surface area contributed by atoms with Gasteiger partial charge >= 0.3 is 6.18 Å². The van der Waals surface area contributed by atoms with E-state index in [2.05, 4.69) is 10.3 Å². The van der Waals surface area contributed by atoms with Gasteiger partial charge in [0, 0.05) is 11.9 Å². The van der Waals surface area contributed by atoms with E-state index in [0.29, 0.717) is 17.9 Å². The lowest BCUT2D eigenvalue weighted by molar-refractivity contribution is -0.137. The summed E-state index contributed by atoms with van der Waals surface area (Å²) in [7, 11) is 0. The molecule has 0 amide bonds. The molecule has 1 heterocycles. The van der Waals surface area contributed by atoms with Crippen molar-refractivity contribution in [2.45, 2.75) is 12.7 Å². The summed E-state index contributed by atoms with van der Waals surface area (Å²) in [5, 5.41) is 11.6. The van der Waals surface area contributed by atoms with Gasteiger partial charge in [0.25, 0.3) is 0 Å². The zero-order valence-corrected chi connectivity index (χ0v) is 10.3. The van der Waals surface area contributed by atoms with Gasteiger partial charge in [-0.05, 0) is 30.3 Å². The Kier molecular flexibility index (Phi) is 3.89. The van der Waals surface area contributed by atoms with E-state index in [1.165, 1.54) is 6.07 Å². The lowest BCUT2D eigenvalue weighted by Gasteiger charge is -2.12. The van der Waals surface area contributed by atoms with Crippen molar-refractivity contribution >= 4 is 5.69 Å². The highest BCUT2D eigenvalue weighted by molar-refractivity contribution is 5.53. The predicted octanol–water partition coefficient (Wildman–Crippen LogP) is 3.58. The summed E-state index contributed by atoms with van der Waals surface area (Å²) in [6, 6.07) is 10.4. The van der Waals surface area contributed by atoms with Crippen LogP contribution in [0, 0.1) is 11.3 Å². The topological polar surface area (TPSA) is 48.7 Å². The molecule has 0 saturated carbocycles. The maximum Gasteiger partial charge on any atom is 0.417 e. The molecule has 0 atom stereocenters. The molecule has 0 aliphatic rings. The summed E-state index contributed by atoms with van der Waals surface area (Å²) in [5.41, 5.74) is -0.320. The number of alkyl halides is 3. The summed E-state index contributed by atoms with van der Waals surface area (Å²) >= 11 is 0. The van der Waals surface area contributed by atoms with Crippen LogP contribution in [0.1, 0.15) is 16.8 Å². The normalized spacial score (nSPS) is 10.9. The first-order chi connectivity index (χ1) is 9.50. The lowest BCUT2D eigenvalue weighted by atomic mass is 10.1. The number of aromatic nitrogens is 1. The van der Waals surface area contributed by atoms with Crippen molar-refractivity contribution in [3.05, 3.63) is 59.4 Å². The van der Waals surface area contributed by atoms with Crippen molar-refractivity contribution in [1.82, 2.24) is 4.98 Å². The van der Waals surface area contributed by atoms with E-state index >= 15 is 0 Å².